The maximum Gasteiger partial charge on any atom is 0.278 e. The smallest absolute Gasteiger partial charge is 0.278 e. The zero-order valence-electron chi connectivity index (χ0n) is 67.2. The molecule has 59 heteroatoms. The van der Waals surface area contributed by atoms with E-state index in [9.17, 15) is 47.9 Å². The van der Waals surface area contributed by atoms with Crippen LogP contribution in [0.4, 0.5) is 65.2 Å². The molecular formula is C70H83N47O10S2. The Morgan fingerprint density at radius 2 is 0.558 bits per heavy atom. The first-order valence-electron chi connectivity index (χ1n) is 36.0. The van der Waals surface area contributed by atoms with Gasteiger partial charge in [-0.25, -0.2) is 49.8 Å². The average Bonchev–Trinajstić information content (AvgIpc) is 1.58. The van der Waals surface area contributed by atoms with Crippen LogP contribution in [-0.4, -0.2) is 179 Å². The highest BCUT2D eigenvalue weighted by Crippen LogP contribution is 2.29. The van der Waals surface area contributed by atoms with Crippen molar-refractivity contribution in [3.05, 3.63) is 217 Å². The predicted octanol–water partition coefficient (Wildman–Crippen LogP) is 0.156. The van der Waals surface area contributed by atoms with E-state index in [1.165, 1.54) is 47.8 Å². The molecule has 18 aromatic heterocycles. The summed E-state index contributed by atoms with van der Waals surface area (Å²) < 4.78 is 0. The van der Waals surface area contributed by atoms with Gasteiger partial charge in [0.25, 0.3) is 55.6 Å². The minimum absolute atomic E-state index is 0. The number of aromatic nitrogens is 36. The Labute approximate surface area is 724 Å². The molecule has 0 unspecified atom stereocenters. The van der Waals surface area contributed by atoms with Crippen LogP contribution < -0.4 is 119 Å². The number of rotatable bonds is 4. The fourth-order valence-electron chi connectivity index (χ4n) is 10.5. The molecule has 57 nitrogen and oxygen atoms in total. The van der Waals surface area contributed by atoms with Crippen molar-refractivity contribution >= 4 is 178 Å². The highest BCUT2D eigenvalue weighted by molar-refractivity contribution is 7.99. The van der Waals surface area contributed by atoms with Crippen molar-refractivity contribution in [2.45, 2.75) is 90.3 Å². The Balaban J connectivity index is 0.000000163. The summed E-state index contributed by atoms with van der Waals surface area (Å²) in [7, 11) is 0. The highest BCUT2D eigenvalue weighted by Gasteiger charge is 2.15. The number of aromatic amines is 18. The van der Waals surface area contributed by atoms with Crippen molar-refractivity contribution in [3.63, 3.8) is 0 Å². The van der Waals surface area contributed by atoms with Gasteiger partial charge in [-0.3, -0.25) is 97.8 Å². The number of hydrogen-bond donors (Lipinski definition) is 29. The number of anilines is 11. The van der Waals surface area contributed by atoms with E-state index in [0.29, 0.717) is 134 Å². The lowest BCUT2D eigenvalue weighted by Crippen LogP contribution is -2.16. The Morgan fingerprint density at radius 3 is 0.884 bits per heavy atom. The second-order valence-corrected chi connectivity index (χ2v) is 28.0. The van der Waals surface area contributed by atoms with Gasteiger partial charge >= 0.3 is 0 Å². The van der Waals surface area contributed by atoms with Crippen LogP contribution in [0.1, 0.15) is 60.7 Å². The SMILES string of the molecule is C.C.Cc1cc(=O)[nH]c(N)n1.Cc1ccc(Sc2nc3nc(N)[nH]c(=O)c3[nH]2)cc1.Cc1ccccc1Sc1nc2nc(N)[nH]c(=O)c2[nH]1.Cc1nc(N)[nH]c(=O)c1N.Cc1nc2nc(N)[nH]c(=O)c2[nH]1.Cc1nc2nc(N)[nH]c(=O)c2[nH]1.Cc1nc2nc(N)[nH]c(=O)c2[nH]1.Cc1nc2nc(N)[nH]c(=O)c2[nH]1.Nc1nc2nc[nH]c2c(=O)[nH]1.Nc1nc2nc[nH]c2c(=O)[nH]1. The van der Waals surface area contributed by atoms with E-state index in [1.54, 1.807) is 41.5 Å². The van der Waals surface area contributed by atoms with Crippen LogP contribution in [-0.2, 0) is 0 Å². The second kappa shape index (κ2) is 40.9. The number of nitrogens with zero attached hydrogens (tertiary/aromatic N) is 18. The molecular weight excluding hydrogens is 1720 g/mol. The lowest BCUT2D eigenvalue weighted by Gasteiger charge is -2.01. The molecule has 0 radical (unpaired) electrons. The van der Waals surface area contributed by atoms with E-state index in [0.717, 1.165) is 15.4 Å². The Bertz CT molecular complexity index is 7570. The third-order valence-corrected chi connectivity index (χ3v) is 17.9. The van der Waals surface area contributed by atoms with Crippen LogP contribution in [0.5, 0.6) is 0 Å². The molecule has 0 aliphatic heterocycles. The van der Waals surface area contributed by atoms with Crippen molar-refractivity contribution in [1.29, 1.82) is 0 Å². The van der Waals surface area contributed by atoms with E-state index in [1.807, 2.05) is 62.4 Å². The van der Waals surface area contributed by atoms with Crippen LogP contribution >= 0.6 is 23.5 Å². The van der Waals surface area contributed by atoms with Crippen molar-refractivity contribution in [1.82, 2.24) is 179 Å². The number of nitrogens with two attached hydrogens (primary N) is 11. The molecule has 0 atom stereocenters. The Morgan fingerprint density at radius 1 is 0.271 bits per heavy atom. The minimum atomic E-state index is -0.384. The first kappa shape index (κ1) is 94.4. The first-order chi connectivity index (χ1) is 60.2. The average molecular weight is 1810 g/mol. The number of benzene rings is 2. The molecule has 20 aromatic rings. The van der Waals surface area contributed by atoms with Crippen molar-refractivity contribution in [2.75, 3.05) is 63.1 Å². The summed E-state index contributed by atoms with van der Waals surface area (Å²) in [5.74, 6) is 3.47. The van der Waals surface area contributed by atoms with Gasteiger partial charge in [-0.05, 0) is 79.2 Å². The maximum absolute atomic E-state index is 11.7. The number of imidazole rings is 8. The number of fused-ring (bicyclic) bond motifs is 8. The lowest BCUT2D eigenvalue weighted by molar-refractivity contribution is 1.07. The van der Waals surface area contributed by atoms with Gasteiger partial charge < -0.3 is 103 Å². The fourth-order valence-corrected chi connectivity index (χ4v) is 12.1. The topological polar surface area (TPSA) is 973 Å². The quantitative estimate of drug-likeness (QED) is 0.112. The maximum atomic E-state index is 11.7. The fraction of sp³-hybridized carbons (Fsp3) is 0.143. The third kappa shape index (κ3) is 24.7. The molecule has 0 aliphatic carbocycles. The molecule has 0 saturated heterocycles. The van der Waals surface area contributed by atoms with Crippen LogP contribution in [0.3, 0.4) is 0 Å². The molecule has 18 heterocycles. The summed E-state index contributed by atoms with van der Waals surface area (Å²) in [6.07, 6.45) is 2.79. The molecule has 20 rings (SSSR count). The van der Waals surface area contributed by atoms with Gasteiger partial charge in [0.05, 0.1) is 18.3 Å². The molecule has 129 heavy (non-hydrogen) atoms. The van der Waals surface area contributed by atoms with Gasteiger partial charge in [0, 0.05) is 21.6 Å². The van der Waals surface area contributed by atoms with Crippen LogP contribution in [0.15, 0.2) is 135 Å². The summed E-state index contributed by atoms with van der Waals surface area (Å²) in [4.78, 5) is 230. The van der Waals surface area contributed by atoms with E-state index >= 15 is 0 Å². The molecule has 0 fully saturated rings. The van der Waals surface area contributed by atoms with Gasteiger partial charge in [0.2, 0.25) is 59.5 Å². The summed E-state index contributed by atoms with van der Waals surface area (Å²) in [5, 5.41) is 1.23. The molecule has 0 amide bonds. The van der Waals surface area contributed by atoms with Crippen LogP contribution in [0.25, 0.3) is 89.3 Å². The van der Waals surface area contributed by atoms with Gasteiger partial charge in [0.1, 0.15) is 29.0 Å². The van der Waals surface area contributed by atoms with Gasteiger partial charge in [-0.15, -0.1) is 0 Å². The molecule has 0 aliphatic rings. The normalized spacial score (nSPS) is 10.4. The van der Waals surface area contributed by atoms with E-state index in [4.69, 9.17) is 63.1 Å². The zero-order chi connectivity index (χ0) is 91.9. The molecule has 0 bridgehead atoms. The standard InChI is InChI=1S/2C12H11N5OS.4C6H7N5O.2C5H5N5O.C5H8N4O.C5H7N3O.2CH4/c1-6-2-4-7(5-3-6)19-12-14-8-9(16-12)15-11(13)17-10(8)18;1-6-4-2-3-5-7(6)19-12-14-8-9(16-12)15-11(13)17-10(8)18;4*1-2-8-3-4(9-2)10-6(7)11-5(3)12;2*6-5-9-3-2(4(11)10-5)7-1-8-3;1-2-3(6)4(10)9-5(7)8-2;1-3-2-4(9)8-5(6)7-3;;/h2*2-5H,1H3,(H4,13,14,15,16,17,18);4*1H3,(H4,7,8,9,10,11,12);2*1H,(H4,6,7,8,9,10,11);6H2,1H3,(H3,7,8,9,10);2H,1H3,(H3,6,7,8,9);2*1H4. The predicted molar refractivity (Wildman–Crippen MR) is 487 cm³/mol. The van der Waals surface area contributed by atoms with Gasteiger partial charge in [0.15, 0.2) is 99.6 Å². The summed E-state index contributed by atoms with van der Waals surface area (Å²) in [6.45, 7) is 14.4. The van der Waals surface area contributed by atoms with Crippen LogP contribution in [0.2, 0.25) is 0 Å². The van der Waals surface area contributed by atoms with Crippen LogP contribution in [0, 0.1) is 55.4 Å². The summed E-state index contributed by atoms with van der Waals surface area (Å²) >= 11 is 2.89. The van der Waals surface area contributed by atoms with E-state index in [2.05, 4.69) is 179 Å². The van der Waals surface area contributed by atoms with Crippen molar-refractivity contribution in [2.24, 2.45) is 0 Å². The Kier molecular flexibility index (Phi) is 29.9. The second-order valence-electron chi connectivity index (χ2n) is 25.9. The summed E-state index contributed by atoms with van der Waals surface area (Å²) in [5.41, 5.74) is 64.6. The monoisotopic (exact) mass is 1810 g/mol. The largest absolute Gasteiger partial charge is 0.393 e. The number of aryl methyl sites for hydroxylation is 8. The first-order valence-corrected chi connectivity index (χ1v) is 37.6. The lowest BCUT2D eigenvalue weighted by atomic mass is 10.2. The molecule has 0 saturated carbocycles. The highest BCUT2D eigenvalue weighted by atomic mass is 32.2. The number of nitrogen functional groups attached to an aromatic ring is 11. The third-order valence-electron chi connectivity index (χ3n) is 15.9. The molecule has 670 valence electrons. The Hall–Kier alpha value is -18.5. The van der Waals surface area contributed by atoms with Gasteiger partial charge in [-0.1, -0.05) is 74.3 Å². The molecule has 0 spiro atoms. The van der Waals surface area contributed by atoms with Crippen molar-refractivity contribution < 1.29 is 0 Å². The minimum Gasteiger partial charge on any atom is -0.393 e. The zero-order valence-corrected chi connectivity index (χ0v) is 68.8. The van der Waals surface area contributed by atoms with Gasteiger partial charge in [-0.2, -0.15) is 39.9 Å². The number of H-pyrrole nitrogens is 18. The van der Waals surface area contributed by atoms with E-state index in [-0.39, 0.29) is 136 Å². The molecule has 2 aromatic carbocycles. The number of hydrogen-bond acceptors (Lipinski definition) is 41. The molecule has 40 N–H and O–H groups in total. The van der Waals surface area contributed by atoms with E-state index < -0.39 is 0 Å². The number of nitrogens with one attached hydrogen (secondary N) is 18. The van der Waals surface area contributed by atoms with Crippen molar-refractivity contribution in [3.8, 4) is 0 Å². The summed E-state index contributed by atoms with van der Waals surface area (Å²) in [6, 6.07) is 17.4.